The molecule has 2 aromatic carbocycles. The number of nitro groups is 1. The summed E-state index contributed by atoms with van der Waals surface area (Å²) in [7, 11) is -4.28. The molecular formula is C24H23N3O7S. The van der Waals surface area contributed by atoms with E-state index in [-0.39, 0.29) is 34.9 Å². The molecule has 0 atom stereocenters. The minimum Gasteiger partial charge on any atom is -0.474 e. The van der Waals surface area contributed by atoms with Crippen LogP contribution in [0.5, 0.6) is 11.6 Å². The monoisotopic (exact) mass is 497 g/mol. The zero-order chi connectivity index (χ0) is 24.8. The van der Waals surface area contributed by atoms with Gasteiger partial charge in [0.1, 0.15) is 16.7 Å². The van der Waals surface area contributed by atoms with Crippen LogP contribution in [0.25, 0.3) is 0 Å². The van der Waals surface area contributed by atoms with Crippen molar-refractivity contribution in [2.45, 2.75) is 43.2 Å². The second-order valence-corrected chi connectivity index (χ2v) is 9.57. The maximum absolute atomic E-state index is 12.5. The number of hydrogen-bond donors (Lipinski definition) is 1. The SMILES string of the molecule is O=C(NCc1ccnc(OC2CCCC2)c1)c1ccc(OS(=O)(=O)c2cccc([N+](=O)[O-])c2)cc1. The van der Waals surface area contributed by atoms with Gasteiger partial charge < -0.3 is 14.2 Å². The fourth-order valence-electron chi connectivity index (χ4n) is 3.68. The molecule has 182 valence electrons. The van der Waals surface area contributed by atoms with Gasteiger partial charge in [-0.15, -0.1) is 0 Å². The first-order valence-corrected chi connectivity index (χ1v) is 12.4. The van der Waals surface area contributed by atoms with E-state index in [0.29, 0.717) is 11.4 Å². The summed E-state index contributed by atoms with van der Waals surface area (Å²) in [5, 5.41) is 13.7. The van der Waals surface area contributed by atoms with Crippen molar-refractivity contribution in [3.63, 3.8) is 0 Å². The lowest BCUT2D eigenvalue weighted by Gasteiger charge is -2.13. The Hall–Kier alpha value is -3.99. The molecule has 0 unspecified atom stereocenters. The van der Waals surface area contributed by atoms with E-state index >= 15 is 0 Å². The summed E-state index contributed by atoms with van der Waals surface area (Å²) in [6.07, 6.45) is 6.19. The fraction of sp³-hybridized carbons (Fsp3) is 0.250. The highest BCUT2D eigenvalue weighted by Gasteiger charge is 2.20. The minimum absolute atomic E-state index is 0.0316. The third kappa shape index (κ3) is 6.33. The van der Waals surface area contributed by atoms with E-state index in [2.05, 4.69) is 10.3 Å². The molecule has 1 aliphatic rings. The summed E-state index contributed by atoms with van der Waals surface area (Å²) in [6.45, 7) is 0.266. The number of rotatable bonds is 9. The van der Waals surface area contributed by atoms with Crippen molar-refractivity contribution < 1.29 is 27.1 Å². The number of non-ortho nitro benzene ring substituents is 1. The van der Waals surface area contributed by atoms with Gasteiger partial charge in [0.05, 0.1) is 4.92 Å². The largest absolute Gasteiger partial charge is 0.474 e. The van der Waals surface area contributed by atoms with E-state index in [1.165, 1.54) is 42.5 Å². The Balaban J connectivity index is 1.35. The van der Waals surface area contributed by atoms with Gasteiger partial charge >= 0.3 is 10.1 Å². The Morgan fingerprint density at radius 2 is 1.83 bits per heavy atom. The molecule has 0 spiro atoms. The van der Waals surface area contributed by atoms with Gasteiger partial charge in [-0.2, -0.15) is 8.42 Å². The molecule has 1 saturated carbocycles. The lowest BCUT2D eigenvalue weighted by molar-refractivity contribution is -0.385. The van der Waals surface area contributed by atoms with Gasteiger partial charge in [-0.3, -0.25) is 14.9 Å². The quantitative estimate of drug-likeness (QED) is 0.266. The van der Waals surface area contributed by atoms with E-state index in [1.54, 1.807) is 18.3 Å². The number of pyridine rings is 1. The highest BCUT2D eigenvalue weighted by Crippen LogP contribution is 2.24. The topological polar surface area (TPSA) is 138 Å². The molecule has 0 radical (unpaired) electrons. The zero-order valence-electron chi connectivity index (χ0n) is 18.6. The average molecular weight is 498 g/mol. The van der Waals surface area contributed by atoms with Crippen molar-refractivity contribution in [3.05, 3.63) is 88.1 Å². The number of hydrogen-bond acceptors (Lipinski definition) is 8. The standard InChI is InChI=1S/C24H23N3O7S/c28-24(26-16-17-12-13-25-23(14-17)33-20-5-1-2-6-20)18-8-10-21(11-9-18)34-35(31,32)22-7-3-4-19(15-22)27(29)30/h3-4,7-15,20H,1-2,5-6,16H2,(H,26,28). The molecular weight excluding hydrogens is 474 g/mol. The Morgan fingerprint density at radius 3 is 2.54 bits per heavy atom. The summed E-state index contributed by atoms with van der Waals surface area (Å²) >= 11 is 0. The van der Waals surface area contributed by atoms with Gasteiger partial charge in [-0.05, 0) is 67.6 Å². The molecule has 3 aromatic rings. The Kier molecular flexibility index (Phi) is 7.25. The normalized spacial score (nSPS) is 13.8. The molecule has 11 heteroatoms. The third-order valence-electron chi connectivity index (χ3n) is 5.48. The van der Waals surface area contributed by atoms with Crippen LogP contribution in [0, 0.1) is 10.1 Å². The van der Waals surface area contributed by atoms with E-state index in [4.69, 9.17) is 8.92 Å². The fourth-order valence-corrected chi connectivity index (χ4v) is 4.65. The van der Waals surface area contributed by atoms with Gasteiger partial charge in [0.2, 0.25) is 5.88 Å². The average Bonchev–Trinajstić information content (AvgIpc) is 3.36. The first-order chi connectivity index (χ1) is 16.8. The first kappa shape index (κ1) is 24.1. The van der Waals surface area contributed by atoms with Crippen molar-refractivity contribution in [1.29, 1.82) is 0 Å². The Morgan fingerprint density at radius 1 is 1.09 bits per heavy atom. The molecule has 4 rings (SSSR count). The second-order valence-electron chi connectivity index (χ2n) is 8.03. The van der Waals surface area contributed by atoms with Crippen LogP contribution in [0.15, 0.2) is 71.8 Å². The van der Waals surface area contributed by atoms with Gasteiger partial charge in [0.25, 0.3) is 11.6 Å². The predicted octanol–water partition coefficient (Wildman–Crippen LogP) is 4.01. The Labute approximate surface area is 202 Å². The van der Waals surface area contributed by atoms with Crippen molar-refractivity contribution in [3.8, 4) is 11.6 Å². The smallest absolute Gasteiger partial charge is 0.339 e. The maximum atomic E-state index is 12.5. The summed E-state index contributed by atoms with van der Waals surface area (Å²) in [4.78, 5) is 26.6. The highest BCUT2D eigenvalue weighted by atomic mass is 32.2. The first-order valence-electron chi connectivity index (χ1n) is 11.0. The van der Waals surface area contributed by atoms with Crippen molar-refractivity contribution >= 4 is 21.7 Å². The van der Waals surface area contributed by atoms with Crippen molar-refractivity contribution in [2.75, 3.05) is 0 Å². The van der Waals surface area contributed by atoms with Crippen LogP contribution in [0.4, 0.5) is 5.69 Å². The number of carbonyl (C=O) groups is 1. The highest BCUT2D eigenvalue weighted by molar-refractivity contribution is 7.87. The van der Waals surface area contributed by atoms with Gasteiger partial charge in [0.15, 0.2) is 0 Å². The van der Waals surface area contributed by atoms with E-state index in [1.807, 2.05) is 0 Å². The molecule has 1 aliphatic carbocycles. The number of nitrogens with one attached hydrogen (secondary N) is 1. The van der Waals surface area contributed by atoms with Gasteiger partial charge in [-0.1, -0.05) is 6.07 Å². The van der Waals surface area contributed by atoms with Crippen LogP contribution in [0.1, 0.15) is 41.6 Å². The number of benzene rings is 2. The molecule has 1 aromatic heterocycles. The van der Waals surface area contributed by atoms with Crippen LogP contribution in [0.3, 0.4) is 0 Å². The summed E-state index contributed by atoms with van der Waals surface area (Å²) in [5.74, 6) is 0.152. The zero-order valence-corrected chi connectivity index (χ0v) is 19.4. The molecule has 0 aliphatic heterocycles. The van der Waals surface area contributed by atoms with Crippen LogP contribution in [-0.4, -0.2) is 30.3 Å². The molecule has 0 saturated heterocycles. The molecule has 0 bridgehead atoms. The minimum atomic E-state index is -4.28. The third-order valence-corrected chi connectivity index (χ3v) is 6.72. The van der Waals surface area contributed by atoms with Crippen LogP contribution < -0.4 is 14.2 Å². The molecule has 35 heavy (non-hydrogen) atoms. The lowest BCUT2D eigenvalue weighted by atomic mass is 10.2. The van der Waals surface area contributed by atoms with Crippen molar-refractivity contribution in [2.24, 2.45) is 0 Å². The molecule has 10 nitrogen and oxygen atoms in total. The number of aromatic nitrogens is 1. The number of ether oxygens (including phenoxy) is 1. The number of nitrogens with zero attached hydrogens (tertiary/aromatic N) is 2. The van der Waals surface area contributed by atoms with Crippen LogP contribution >= 0.6 is 0 Å². The van der Waals surface area contributed by atoms with Gasteiger partial charge in [0, 0.05) is 36.5 Å². The number of amides is 1. The van der Waals surface area contributed by atoms with Crippen LogP contribution in [-0.2, 0) is 16.7 Å². The lowest BCUT2D eigenvalue weighted by Crippen LogP contribution is -2.23. The molecule has 1 heterocycles. The predicted molar refractivity (Wildman–Crippen MR) is 126 cm³/mol. The second kappa shape index (κ2) is 10.5. The van der Waals surface area contributed by atoms with E-state index in [9.17, 15) is 23.3 Å². The van der Waals surface area contributed by atoms with E-state index in [0.717, 1.165) is 37.3 Å². The summed E-state index contributed by atoms with van der Waals surface area (Å²) in [5.41, 5.74) is 0.777. The van der Waals surface area contributed by atoms with Crippen molar-refractivity contribution in [1.82, 2.24) is 10.3 Å². The Bertz CT molecular complexity index is 1320. The number of nitro benzene ring substituents is 1. The maximum Gasteiger partial charge on any atom is 0.339 e. The molecule has 1 amide bonds. The van der Waals surface area contributed by atoms with E-state index < -0.39 is 15.0 Å². The van der Waals surface area contributed by atoms with Crippen LogP contribution in [0.2, 0.25) is 0 Å². The molecule has 1 fully saturated rings. The molecule has 1 N–H and O–H groups in total. The van der Waals surface area contributed by atoms with Gasteiger partial charge in [-0.25, -0.2) is 4.98 Å². The number of carbonyl (C=O) groups excluding carboxylic acids is 1. The summed E-state index contributed by atoms with van der Waals surface area (Å²) < 4.78 is 35.8. The summed E-state index contributed by atoms with van der Waals surface area (Å²) in [6, 6.07) is 13.7.